The highest BCUT2D eigenvalue weighted by molar-refractivity contribution is 6.33. The summed E-state index contributed by atoms with van der Waals surface area (Å²) < 4.78 is 4.90. The Morgan fingerprint density at radius 1 is 1.46 bits per heavy atom. The summed E-state index contributed by atoms with van der Waals surface area (Å²) in [6.07, 6.45) is 1.90. The van der Waals surface area contributed by atoms with E-state index in [1.807, 2.05) is 6.21 Å². The van der Waals surface area contributed by atoms with Gasteiger partial charge in [-0.25, -0.2) is 0 Å². The van der Waals surface area contributed by atoms with Crippen LogP contribution in [0.25, 0.3) is 5.53 Å². The van der Waals surface area contributed by atoms with E-state index in [1.54, 1.807) is 24.3 Å². The quantitative estimate of drug-likeness (QED) is 0.226. The standard InChI is InChI=1S/C9H7N2O2/c1-13-8-4-2-7(3-5-8)9(12)6-11-10/h2-5H,1H3/q-1. The molecule has 0 fully saturated rings. The fourth-order valence-corrected chi connectivity index (χ4v) is 0.852. The molecule has 0 unspecified atom stereocenters. The van der Waals surface area contributed by atoms with Gasteiger partial charge in [0.1, 0.15) is 11.5 Å². The molecule has 0 saturated heterocycles. The third-order valence-electron chi connectivity index (χ3n) is 1.50. The Morgan fingerprint density at radius 3 is 2.54 bits per heavy atom. The van der Waals surface area contributed by atoms with Crippen LogP contribution in [0.15, 0.2) is 24.3 Å². The minimum atomic E-state index is -0.467. The lowest BCUT2D eigenvalue weighted by Gasteiger charge is -2.03. The summed E-state index contributed by atoms with van der Waals surface area (Å²) in [5, 5.41) is 0. The predicted octanol–water partition coefficient (Wildman–Crippen LogP) is 1.06. The van der Waals surface area contributed by atoms with Crippen LogP contribution in [0.4, 0.5) is 0 Å². The van der Waals surface area contributed by atoms with Gasteiger partial charge in [0.15, 0.2) is 0 Å². The van der Waals surface area contributed by atoms with Crippen LogP contribution in [-0.4, -0.2) is 23.9 Å². The maximum atomic E-state index is 11.0. The number of ketones is 1. The number of benzene rings is 1. The van der Waals surface area contributed by atoms with Gasteiger partial charge in [-0.3, -0.25) is 4.79 Å². The van der Waals surface area contributed by atoms with E-state index >= 15 is 0 Å². The maximum absolute atomic E-state index is 11.0. The average Bonchev–Trinajstić information content (AvgIpc) is 2.18. The molecule has 4 nitrogen and oxygen atoms in total. The summed E-state index contributed by atoms with van der Waals surface area (Å²) in [5.74, 6) is 0.197. The van der Waals surface area contributed by atoms with Crippen LogP contribution in [0.1, 0.15) is 10.4 Å². The zero-order chi connectivity index (χ0) is 9.68. The third kappa shape index (κ3) is 2.25. The van der Waals surface area contributed by atoms with Gasteiger partial charge in [-0.05, 0) is 12.1 Å². The molecule has 13 heavy (non-hydrogen) atoms. The van der Waals surface area contributed by atoms with Crippen molar-refractivity contribution < 1.29 is 14.3 Å². The van der Waals surface area contributed by atoms with Gasteiger partial charge < -0.3 is 15.1 Å². The van der Waals surface area contributed by atoms with Crippen molar-refractivity contribution in [1.82, 2.24) is 0 Å². The summed E-state index contributed by atoms with van der Waals surface area (Å²) in [6, 6.07) is 6.43. The van der Waals surface area contributed by atoms with Crippen molar-refractivity contribution in [3.63, 3.8) is 0 Å². The van der Waals surface area contributed by atoms with Crippen molar-refractivity contribution in [3.8, 4) is 5.75 Å². The SMILES string of the molecule is COc1ccc(C(=O)[C-]=[N+]=[N-])cc1. The van der Waals surface area contributed by atoms with Crippen LogP contribution in [0.5, 0.6) is 5.75 Å². The first kappa shape index (κ1) is 9.16. The lowest BCUT2D eigenvalue weighted by atomic mass is 10.1. The number of carbonyl (C=O) groups is 1. The van der Waals surface area contributed by atoms with E-state index in [1.165, 1.54) is 7.11 Å². The van der Waals surface area contributed by atoms with Crippen LogP contribution in [-0.2, 0) is 0 Å². The molecule has 0 saturated carbocycles. The molecule has 0 spiro atoms. The zero-order valence-electron chi connectivity index (χ0n) is 7.02. The van der Waals surface area contributed by atoms with Gasteiger partial charge in [-0.1, -0.05) is 0 Å². The molecule has 66 valence electrons. The fourth-order valence-electron chi connectivity index (χ4n) is 0.852. The highest BCUT2D eigenvalue weighted by atomic mass is 16.5. The molecular weight excluding hydrogens is 168 g/mol. The molecule has 0 aromatic heterocycles. The van der Waals surface area contributed by atoms with Gasteiger partial charge in [0.25, 0.3) is 0 Å². The number of ether oxygens (including phenoxy) is 1. The molecule has 0 aliphatic heterocycles. The highest BCUT2D eigenvalue weighted by Gasteiger charge is 1.94. The maximum Gasteiger partial charge on any atom is 0.226 e. The number of hydrogen-bond donors (Lipinski definition) is 0. The molecule has 0 atom stereocenters. The number of Topliss-reactive ketones (excluding diaryl/α,β-unsaturated/α-hetero) is 1. The number of hydrogen-bond acceptors (Lipinski definition) is 2. The minimum absolute atomic E-state index is 0.401. The molecule has 0 amide bonds. The minimum Gasteiger partial charge on any atom is -0.497 e. The van der Waals surface area contributed by atoms with E-state index in [-0.39, 0.29) is 0 Å². The Balaban J connectivity index is 2.92. The van der Waals surface area contributed by atoms with Crippen molar-refractivity contribution >= 4 is 12.0 Å². The Kier molecular flexibility index (Phi) is 2.95. The molecule has 0 radical (unpaired) electrons. The van der Waals surface area contributed by atoms with E-state index in [0.717, 1.165) is 0 Å². The van der Waals surface area contributed by atoms with Gasteiger partial charge in [0.2, 0.25) is 6.21 Å². The largest absolute Gasteiger partial charge is 0.497 e. The van der Waals surface area contributed by atoms with E-state index in [9.17, 15) is 4.79 Å². The number of rotatable bonds is 3. The number of carbonyl (C=O) groups excluding carboxylic acids is 1. The molecule has 0 N–H and O–H groups in total. The van der Waals surface area contributed by atoms with Crippen molar-refractivity contribution in [2.75, 3.05) is 7.11 Å². The summed E-state index contributed by atoms with van der Waals surface area (Å²) in [7, 11) is 1.54. The smallest absolute Gasteiger partial charge is 0.226 e. The van der Waals surface area contributed by atoms with E-state index in [2.05, 4.69) is 4.79 Å². The first-order valence-corrected chi connectivity index (χ1v) is 3.56. The molecule has 1 aromatic rings. The second-order valence-electron chi connectivity index (χ2n) is 2.27. The van der Waals surface area contributed by atoms with E-state index in [0.29, 0.717) is 11.3 Å². The molecule has 4 heteroatoms. The molecule has 1 rings (SSSR count). The average molecular weight is 175 g/mol. The van der Waals surface area contributed by atoms with Crippen LogP contribution in [0.3, 0.4) is 0 Å². The lowest BCUT2D eigenvalue weighted by molar-refractivity contribution is 0.00235. The van der Waals surface area contributed by atoms with Crippen molar-refractivity contribution in [1.29, 1.82) is 0 Å². The lowest BCUT2D eigenvalue weighted by Crippen LogP contribution is -2.00. The van der Waals surface area contributed by atoms with Crippen LogP contribution >= 0.6 is 0 Å². The molecule has 0 aliphatic rings. The normalized spacial score (nSPS) is 8.69. The van der Waals surface area contributed by atoms with Gasteiger partial charge >= 0.3 is 0 Å². The van der Waals surface area contributed by atoms with Crippen LogP contribution in [0.2, 0.25) is 0 Å². The first-order valence-electron chi connectivity index (χ1n) is 3.56. The molecular formula is C9H7N2O2-. The highest BCUT2D eigenvalue weighted by Crippen LogP contribution is 2.10. The first-order chi connectivity index (χ1) is 6.27. The predicted molar refractivity (Wildman–Crippen MR) is 46.0 cm³/mol. The molecule has 0 bridgehead atoms. The van der Waals surface area contributed by atoms with Crippen molar-refractivity contribution in [2.24, 2.45) is 0 Å². The van der Waals surface area contributed by atoms with Crippen LogP contribution in [0, 0.1) is 0 Å². The molecule has 0 aliphatic carbocycles. The fraction of sp³-hybridized carbons (Fsp3) is 0.111. The van der Waals surface area contributed by atoms with Crippen molar-refractivity contribution in [3.05, 3.63) is 35.4 Å². The number of nitrogens with zero attached hydrogens (tertiary/aromatic N) is 2. The molecule has 1 aromatic carbocycles. The second-order valence-corrected chi connectivity index (χ2v) is 2.27. The summed E-state index contributed by atoms with van der Waals surface area (Å²) >= 11 is 0. The third-order valence-corrected chi connectivity index (χ3v) is 1.50. The Bertz CT molecular complexity index is 350. The Morgan fingerprint density at radius 2 is 2.08 bits per heavy atom. The van der Waals surface area contributed by atoms with E-state index < -0.39 is 5.78 Å². The van der Waals surface area contributed by atoms with E-state index in [4.69, 9.17) is 10.3 Å². The summed E-state index contributed by atoms with van der Waals surface area (Å²) in [5.41, 5.74) is 8.47. The van der Waals surface area contributed by atoms with Gasteiger partial charge in [-0.2, -0.15) is 0 Å². The van der Waals surface area contributed by atoms with Crippen LogP contribution < -0.4 is 4.74 Å². The van der Waals surface area contributed by atoms with Gasteiger partial charge in [0, 0.05) is 0 Å². The van der Waals surface area contributed by atoms with Gasteiger partial charge in [-0.15, -0.1) is 17.7 Å². The summed E-state index contributed by atoms with van der Waals surface area (Å²) in [4.78, 5) is 13.6. The Hall–Kier alpha value is -1.93. The zero-order valence-corrected chi connectivity index (χ0v) is 7.02. The second kappa shape index (κ2) is 4.18. The number of methoxy groups -OCH3 is 1. The Labute approximate surface area is 75.4 Å². The van der Waals surface area contributed by atoms with Gasteiger partial charge in [0.05, 0.1) is 7.11 Å². The molecule has 0 heterocycles. The van der Waals surface area contributed by atoms with Crippen molar-refractivity contribution in [2.45, 2.75) is 0 Å². The topological polar surface area (TPSA) is 62.7 Å². The monoisotopic (exact) mass is 175 g/mol. The summed E-state index contributed by atoms with van der Waals surface area (Å²) in [6.45, 7) is 0.